The fourth-order valence-corrected chi connectivity index (χ4v) is 5.84. The Morgan fingerprint density at radius 3 is 1.83 bits per heavy atom. The van der Waals surface area contributed by atoms with Crippen LogP contribution in [0.1, 0.15) is 36.6 Å². The van der Waals surface area contributed by atoms with Crippen LogP contribution in [-0.4, -0.2) is 26.8 Å². The van der Waals surface area contributed by atoms with E-state index in [0.29, 0.717) is 12.0 Å². The lowest BCUT2D eigenvalue weighted by molar-refractivity contribution is -0.139. The second kappa shape index (κ2) is 13.5. The molecule has 0 radical (unpaired) electrons. The standard InChI is InChI=1S/C34H32Br2N2O4/c1-4-42-34(39)32-30(37-26-13-9-24(35)10-14-26)21-31(22-5-17-28(40-2)18-6-22)38(27-15-11-25(36)12-16-27)33(32)23-7-19-29(41-3)20-8-23/h5-20,31,33,37H,4,21H2,1-3H3/t31-,33+/m0/s1. The maximum atomic E-state index is 13.9. The summed E-state index contributed by atoms with van der Waals surface area (Å²) in [4.78, 5) is 16.2. The van der Waals surface area contributed by atoms with Crippen molar-refractivity contribution in [2.45, 2.75) is 25.4 Å². The third-order valence-corrected chi connectivity index (χ3v) is 8.36. The summed E-state index contributed by atoms with van der Waals surface area (Å²) in [5, 5.41) is 3.60. The minimum atomic E-state index is -0.463. The van der Waals surface area contributed by atoms with Crippen molar-refractivity contribution < 1.29 is 19.0 Å². The summed E-state index contributed by atoms with van der Waals surface area (Å²) in [6.45, 7) is 2.10. The number of carbonyl (C=O) groups excluding carboxylic acids is 1. The number of benzene rings is 4. The third kappa shape index (κ3) is 6.50. The quantitative estimate of drug-likeness (QED) is 0.177. The van der Waals surface area contributed by atoms with Crippen LogP contribution < -0.4 is 19.7 Å². The number of hydrogen-bond acceptors (Lipinski definition) is 6. The summed E-state index contributed by atoms with van der Waals surface area (Å²) in [6.07, 6.45) is 0.541. The van der Waals surface area contributed by atoms with Gasteiger partial charge in [0, 0.05) is 32.4 Å². The van der Waals surface area contributed by atoms with Crippen molar-refractivity contribution in [3.05, 3.63) is 128 Å². The van der Waals surface area contributed by atoms with E-state index in [-0.39, 0.29) is 18.6 Å². The van der Waals surface area contributed by atoms with Gasteiger partial charge in [0.05, 0.1) is 38.5 Å². The van der Waals surface area contributed by atoms with Crippen molar-refractivity contribution in [1.82, 2.24) is 0 Å². The van der Waals surface area contributed by atoms with Crippen molar-refractivity contribution in [3.8, 4) is 11.5 Å². The highest BCUT2D eigenvalue weighted by molar-refractivity contribution is 9.10. The van der Waals surface area contributed by atoms with Gasteiger partial charge >= 0.3 is 5.97 Å². The molecule has 0 saturated heterocycles. The van der Waals surface area contributed by atoms with Gasteiger partial charge in [-0.05, 0) is 90.8 Å². The zero-order valence-electron chi connectivity index (χ0n) is 23.6. The number of anilines is 2. The molecule has 2 atom stereocenters. The van der Waals surface area contributed by atoms with Crippen molar-refractivity contribution in [2.75, 3.05) is 31.0 Å². The molecule has 4 aromatic carbocycles. The van der Waals surface area contributed by atoms with Gasteiger partial charge in [0.1, 0.15) is 11.5 Å². The normalized spacial score (nSPS) is 16.6. The zero-order chi connectivity index (χ0) is 29.6. The molecule has 4 aromatic rings. The van der Waals surface area contributed by atoms with Crippen LogP contribution in [0.3, 0.4) is 0 Å². The van der Waals surface area contributed by atoms with E-state index in [1.54, 1.807) is 14.2 Å². The van der Waals surface area contributed by atoms with Crippen LogP contribution in [0.4, 0.5) is 11.4 Å². The Morgan fingerprint density at radius 1 is 0.786 bits per heavy atom. The Morgan fingerprint density at radius 2 is 1.31 bits per heavy atom. The number of methoxy groups -OCH3 is 2. The number of carbonyl (C=O) groups is 1. The van der Waals surface area contributed by atoms with E-state index in [0.717, 1.165) is 48.6 Å². The molecule has 0 aliphatic carbocycles. The first kappa shape index (κ1) is 29.7. The van der Waals surface area contributed by atoms with Crippen molar-refractivity contribution >= 4 is 49.2 Å². The van der Waals surface area contributed by atoms with Gasteiger partial charge in [-0.25, -0.2) is 4.79 Å². The Balaban J connectivity index is 1.76. The van der Waals surface area contributed by atoms with Gasteiger partial charge in [-0.2, -0.15) is 0 Å². The van der Waals surface area contributed by atoms with E-state index in [1.165, 1.54) is 0 Å². The van der Waals surface area contributed by atoms with Crippen molar-refractivity contribution in [2.24, 2.45) is 0 Å². The molecular weight excluding hydrogens is 660 g/mol. The lowest BCUT2D eigenvalue weighted by Gasteiger charge is -2.46. The van der Waals surface area contributed by atoms with E-state index in [1.807, 2.05) is 79.7 Å². The smallest absolute Gasteiger partial charge is 0.338 e. The van der Waals surface area contributed by atoms with E-state index in [4.69, 9.17) is 14.2 Å². The summed E-state index contributed by atoms with van der Waals surface area (Å²) < 4.78 is 18.6. The molecule has 0 aromatic heterocycles. The van der Waals surface area contributed by atoms with Gasteiger partial charge in [0.2, 0.25) is 0 Å². The Bertz CT molecular complexity index is 1540. The topological polar surface area (TPSA) is 60.0 Å². The van der Waals surface area contributed by atoms with Crippen LogP contribution in [0.15, 0.2) is 117 Å². The number of ether oxygens (including phenoxy) is 3. The monoisotopic (exact) mass is 690 g/mol. The predicted molar refractivity (Wildman–Crippen MR) is 174 cm³/mol. The van der Waals surface area contributed by atoms with Gasteiger partial charge in [0.25, 0.3) is 0 Å². The number of nitrogens with one attached hydrogen (secondary N) is 1. The molecule has 1 heterocycles. The molecule has 1 N–H and O–H groups in total. The lowest BCUT2D eigenvalue weighted by atomic mass is 9.84. The molecule has 1 aliphatic rings. The SMILES string of the molecule is CCOC(=O)C1=C(Nc2ccc(Br)cc2)C[C@@H](c2ccc(OC)cc2)N(c2ccc(Br)cc2)[C@@H]1c1ccc(OC)cc1. The maximum Gasteiger partial charge on any atom is 0.338 e. The highest BCUT2D eigenvalue weighted by atomic mass is 79.9. The second-order valence-electron chi connectivity index (χ2n) is 9.80. The van der Waals surface area contributed by atoms with Gasteiger partial charge in [-0.15, -0.1) is 0 Å². The first-order chi connectivity index (χ1) is 20.4. The summed E-state index contributed by atoms with van der Waals surface area (Å²) >= 11 is 7.11. The van der Waals surface area contributed by atoms with E-state index in [9.17, 15) is 4.79 Å². The minimum Gasteiger partial charge on any atom is -0.497 e. The van der Waals surface area contributed by atoms with Crippen molar-refractivity contribution in [1.29, 1.82) is 0 Å². The number of esters is 1. The summed E-state index contributed by atoms with van der Waals surface area (Å²) in [6, 6.07) is 31.6. The third-order valence-electron chi connectivity index (χ3n) is 7.30. The number of rotatable bonds is 9. The molecule has 0 saturated carbocycles. The maximum absolute atomic E-state index is 13.9. The molecule has 42 heavy (non-hydrogen) atoms. The Hall–Kier alpha value is -3.75. The molecule has 6 nitrogen and oxygen atoms in total. The predicted octanol–water partition coefficient (Wildman–Crippen LogP) is 8.85. The van der Waals surface area contributed by atoms with Crippen LogP contribution in [0.5, 0.6) is 11.5 Å². The van der Waals surface area contributed by atoms with E-state index >= 15 is 0 Å². The Kier molecular flexibility index (Phi) is 9.55. The van der Waals surface area contributed by atoms with Crippen LogP contribution in [0.25, 0.3) is 0 Å². The molecule has 8 heteroatoms. The Labute approximate surface area is 263 Å². The first-order valence-electron chi connectivity index (χ1n) is 13.7. The number of nitrogens with zero attached hydrogens (tertiary/aromatic N) is 1. The van der Waals surface area contributed by atoms with Crippen molar-refractivity contribution in [3.63, 3.8) is 0 Å². The van der Waals surface area contributed by atoms with Crippen LogP contribution in [0, 0.1) is 0 Å². The molecule has 216 valence electrons. The van der Waals surface area contributed by atoms with Crippen LogP contribution in [0.2, 0.25) is 0 Å². The van der Waals surface area contributed by atoms with Gasteiger partial charge in [0.15, 0.2) is 0 Å². The molecule has 0 fully saturated rings. The van der Waals surface area contributed by atoms with Gasteiger partial charge in [-0.1, -0.05) is 56.1 Å². The average molecular weight is 692 g/mol. The molecule has 0 unspecified atom stereocenters. The molecule has 0 spiro atoms. The summed E-state index contributed by atoms with van der Waals surface area (Å²) in [5.74, 6) is 1.17. The van der Waals surface area contributed by atoms with Crippen LogP contribution >= 0.6 is 31.9 Å². The number of hydrogen-bond donors (Lipinski definition) is 1. The fraction of sp³-hybridized carbons (Fsp3) is 0.206. The minimum absolute atomic E-state index is 0.125. The fourth-order valence-electron chi connectivity index (χ4n) is 5.32. The van der Waals surface area contributed by atoms with E-state index < -0.39 is 6.04 Å². The highest BCUT2D eigenvalue weighted by Crippen LogP contribution is 2.48. The van der Waals surface area contributed by atoms with Crippen LogP contribution in [-0.2, 0) is 9.53 Å². The number of halogens is 2. The molecule has 5 rings (SSSR count). The lowest BCUT2D eigenvalue weighted by Crippen LogP contribution is -2.41. The van der Waals surface area contributed by atoms with E-state index in [2.05, 4.69) is 66.3 Å². The average Bonchev–Trinajstić information content (AvgIpc) is 3.02. The van der Waals surface area contributed by atoms with Gasteiger partial charge < -0.3 is 24.4 Å². The molecular formula is C34H32Br2N2O4. The van der Waals surface area contributed by atoms with Gasteiger partial charge in [-0.3, -0.25) is 0 Å². The molecule has 1 aliphatic heterocycles. The largest absolute Gasteiger partial charge is 0.497 e. The summed E-state index contributed by atoms with van der Waals surface area (Å²) in [7, 11) is 3.31. The molecule has 0 amide bonds. The first-order valence-corrected chi connectivity index (χ1v) is 15.2. The summed E-state index contributed by atoms with van der Waals surface area (Å²) in [5.41, 5.74) is 5.27. The highest BCUT2D eigenvalue weighted by Gasteiger charge is 2.42. The second-order valence-corrected chi connectivity index (χ2v) is 11.6. The zero-order valence-corrected chi connectivity index (χ0v) is 26.8. The molecule has 0 bridgehead atoms.